The molecule has 21 heavy (non-hydrogen) atoms. The van der Waals surface area contributed by atoms with E-state index in [0.29, 0.717) is 35.7 Å². The van der Waals surface area contributed by atoms with Gasteiger partial charge in [-0.3, -0.25) is 0 Å². The van der Waals surface area contributed by atoms with E-state index in [2.05, 4.69) is 24.0 Å². The van der Waals surface area contributed by atoms with E-state index in [1.807, 2.05) is 18.2 Å². The molecule has 0 fully saturated rings. The largest absolute Gasteiger partial charge is 0.493 e. The average molecular weight is 311 g/mol. The third-order valence-electron chi connectivity index (χ3n) is 2.96. The van der Waals surface area contributed by atoms with Crippen LogP contribution in [0.3, 0.4) is 0 Å². The van der Waals surface area contributed by atoms with Gasteiger partial charge in [-0.05, 0) is 30.5 Å². The Morgan fingerprint density at radius 1 is 1.29 bits per heavy atom. The lowest BCUT2D eigenvalue weighted by Crippen LogP contribution is -2.02. The summed E-state index contributed by atoms with van der Waals surface area (Å²) < 4.78 is 16.1. The van der Waals surface area contributed by atoms with Gasteiger partial charge in [0.2, 0.25) is 11.7 Å². The molecule has 0 N–H and O–H groups in total. The maximum absolute atomic E-state index is 5.75. The first-order valence-electron chi connectivity index (χ1n) is 6.83. The van der Waals surface area contributed by atoms with Crippen molar-refractivity contribution >= 4 is 11.6 Å². The molecule has 0 aliphatic heterocycles. The molecule has 0 saturated heterocycles. The lowest BCUT2D eigenvalue weighted by molar-refractivity contribution is 0.273. The molecule has 6 heteroatoms. The van der Waals surface area contributed by atoms with Crippen molar-refractivity contribution in [3.63, 3.8) is 0 Å². The van der Waals surface area contributed by atoms with E-state index in [1.54, 1.807) is 7.11 Å². The highest BCUT2D eigenvalue weighted by atomic mass is 35.5. The lowest BCUT2D eigenvalue weighted by Gasteiger charge is -2.12. The van der Waals surface area contributed by atoms with E-state index < -0.39 is 0 Å². The Morgan fingerprint density at radius 3 is 2.71 bits per heavy atom. The minimum atomic E-state index is 0.195. The summed E-state index contributed by atoms with van der Waals surface area (Å²) in [6.45, 7) is 4.98. The van der Waals surface area contributed by atoms with E-state index in [1.165, 1.54) is 0 Å². The fourth-order valence-electron chi connectivity index (χ4n) is 1.76. The van der Waals surface area contributed by atoms with E-state index in [-0.39, 0.29) is 5.88 Å². The standard InChI is InChI=1S/C15H19ClN2O3/c1-10(2)6-7-20-12-5-4-11(8-13(12)19-3)15-17-14(9-16)21-18-15/h4-5,8,10H,6-7,9H2,1-3H3. The SMILES string of the molecule is COc1cc(-c2noc(CCl)n2)ccc1OCCC(C)C. The number of aromatic nitrogens is 2. The first kappa shape index (κ1) is 15.6. The van der Waals surface area contributed by atoms with Gasteiger partial charge in [-0.2, -0.15) is 4.98 Å². The Balaban J connectivity index is 2.15. The molecule has 5 nitrogen and oxygen atoms in total. The van der Waals surface area contributed by atoms with E-state index in [4.69, 9.17) is 25.6 Å². The molecule has 0 aliphatic carbocycles. The number of hydrogen-bond donors (Lipinski definition) is 0. The van der Waals surface area contributed by atoms with Crippen molar-refractivity contribution in [2.24, 2.45) is 5.92 Å². The van der Waals surface area contributed by atoms with Crippen LogP contribution in [-0.2, 0) is 5.88 Å². The molecule has 114 valence electrons. The third kappa shape index (κ3) is 4.11. The van der Waals surface area contributed by atoms with Gasteiger partial charge in [-0.25, -0.2) is 0 Å². The van der Waals surface area contributed by atoms with E-state index in [9.17, 15) is 0 Å². The Hall–Kier alpha value is -1.75. The summed E-state index contributed by atoms with van der Waals surface area (Å²) in [4.78, 5) is 4.18. The summed E-state index contributed by atoms with van der Waals surface area (Å²) >= 11 is 5.65. The third-order valence-corrected chi connectivity index (χ3v) is 3.19. The number of alkyl halides is 1. The molecule has 0 saturated carbocycles. The normalized spacial score (nSPS) is 10.9. The highest BCUT2D eigenvalue weighted by molar-refractivity contribution is 6.16. The molecular formula is C15H19ClN2O3. The van der Waals surface area contributed by atoms with Crippen molar-refractivity contribution in [1.82, 2.24) is 10.1 Å². The predicted molar refractivity (Wildman–Crippen MR) is 80.8 cm³/mol. The van der Waals surface area contributed by atoms with E-state index in [0.717, 1.165) is 12.0 Å². The zero-order valence-electron chi connectivity index (χ0n) is 12.4. The van der Waals surface area contributed by atoms with Crippen molar-refractivity contribution in [2.75, 3.05) is 13.7 Å². The van der Waals surface area contributed by atoms with Crippen LogP contribution in [0.5, 0.6) is 11.5 Å². The van der Waals surface area contributed by atoms with Gasteiger partial charge in [0.05, 0.1) is 13.7 Å². The van der Waals surface area contributed by atoms with Gasteiger partial charge in [0.15, 0.2) is 11.5 Å². The van der Waals surface area contributed by atoms with Gasteiger partial charge in [0, 0.05) is 5.56 Å². The number of rotatable bonds is 7. The molecule has 2 aromatic rings. The van der Waals surface area contributed by atoms with E-state index >= 15 is 0 Å². The molecule has 1 aromatic carbocycles. The van der Waals surface area contributed by atoms with Crippen molar-refractivity contribution in [1.29, 1.82) is 0 Å². The maximum atomic E-state index is 5.75. The summed E-state index contributed by atoms with van der Waals surface area (Å²) in [5.74, 6) is 3.03. The van der Waals surface area contributed by atoms with Crippen LogP contribution < -0.4 is 9.47 Å². The van der Waals surface area contributed by atoms with Gasteiger partial charge in [-0.15, -0.1) is 11.6 Å². The number of halogens is 1. The Kier molecular flexibility index (Phi) is 5.44. The van der Waals surface area contributed by atoms with Crippen LogP contribution in [-0.4, -0.2) is 23.9 Å². The second kappa shape index (κ2) is 7.31. The number of methoxy groups -OCH3 is 1. The summed E-state index contributed by atoms with van der Waals surface area (Å²) in [7, 11) is 1.61. The lowest BCUT2D eigenvalue weighted by atomic mass is 10.1. The maximum Gasteiger partial charge on any atom is 0.241 e. The first-order chi connectivity index (χ1) is 10.1. The van der Waals surface area contributed by atoms with Crippen LogP contribution in [0.4, 0.5) is 0 Å². The van der Waals surface area contributed by atoms with Crippen LogP contribution >= 0.6 is 11.6 Å². The van der Waals surface area contributed by atoms with Crippen molar-refractivity contribution in [3.05, 3.63) is 24.1 Å². The Morgan fingerprint density at radius 2 is 2.10 bits per heavy atom. The number of nitrogens with zero attached hydrogens (tertiary/aromatic N) is 2. The van der Waals surface area contributed by atoms with Gasteiger partial charge in [-0.1, -0.05) is 19.0 Å². The number of hydrogen-bond acceptors (Lipinski definition) is 5. The van der Waals surface area contributed by atoms with Crippen LogP contribution in [0.1, 0.15) is 26.2 Å². The highest BCUT2D eigenvalue weighted by Gasteiger charge is 2.12. The Bertz CT molecular complexity index is 584. The van der Waals surface area contributed by atoms with Crippen molar-refractivity contribution < 1.29 is 14.0 Å². The molecular weight excluding hydrogens is 292 g/mol. The molecule has 0 radical (unpaired) electrons. The molecule has 0 bridgehead atoms. The average Bonchev–Trinajstić information content (AvgIpc) is 2.96. The van der Waals surface area contributed by atoms with Crippen molar-refractivity contribution in [2.45, 2.75) is 26.1 Å². The molecule has 0 atom stereocenters. The fraction of sp³-hybridized carbons (Fsp3) is 0.467. The monoisotopic (exact) mass is 310 g/mol. The minimum Gasteiger partial charge on any atom is -0.493 e. The molecule has 1 heterocycles. The second-order valence-electron chi connectivity index (χ2n) is 5.04. The van der Waals surface area contributed by atoms with Crippen LogP contribution in [0, 0.1) is 5.92 Å². The summed E-state index contributed by atoms with van der Waals surface area (Å²) in [5, 5.41) is 3.88. The van der Waals surface area contributed by atoms with Crippen LogP contribution in [0.2, 0.25) is 0 Å². The number of ether oxygens (including phenoxy) is 2. The van der Waals surface area contributed by atoms with Crippen molar-refractivity contribution in [3.8, 4) is 22.9 Å². The van der Waals surface area contributed by atoms with Crippen LogP contribution in [0.25, 0.3) is 11.4 Å². The summed E-state index contributed by atoms with van der Waals surface area (Å²) in [5.41, 5.74) is 0.795. The van der Waals surface area contributed by atoms with Gasteiger partial charge >= 0.3 is 0 Å². The topological polar surface area (TPSA) is 57.4 Å². The second-order valence-corrected chi connectivity index (χ2v) is 5.31. The zero-order chi connectivity index (χ0) is 15.2. The smallest absolute Gasteiger partial charge is 0.241 e. The molecule has 1 aromatic heterocycles. The fourth-order valence-corrected chi connectivity index (χ4v) is 1.87. The first-order valence-corrected chi connectivity index (χ1v) is 7.37. The van der Waals surface area contributed by atoms with Gasteiger partial charge in [0.25, 0.3) is 0 Å². The molecule has 0 amide bonds. The zero-order valence-corrected chi connectivity index (χ0v) is 13.2. The van der Waals surface area contributed by atoms with Gasteiger partial charge < -0.3 is 14.0 Å². The Labute approximate surface area is 129 Å². The molecule has 0 aliphatic rings. The molecule has 0 unspecified atom stereocenters. The molecule has 0 spiro atoms. The summed E-state index contributed by atoms with van der Waals surface area (Å²) in [6, 6.07) is 5.55. The predicted octanol–water partition coefficient (Wildman–Crippen LogP) is 3.91. The molecule has 2 rings (SSSR count). The minimum absolute atomic E-state index is 0.195. The van der Waals surface area contributed by atoms with Crippen LogP contribution in [0.15, 0.2) is 22.7 Å². The highest BCUT2D eigenvalue weighted by Crippen LogP contribution is 2.31. The van der Waals surface area contributed by atoms with Gasteiger partial charge in [0.1, 0.15) is 5.88 Å². The number of benzene rings is 1. The summed E-state index contributed by atoms with van der Waals surface area (Å²) in [6.07, 6.45) is 0.995. The quantitative estimate of drug-likeness (QED) is 0.726.